The molecule has 0 aromatic heterocycles. The molecule has 1 aromatic carbocycles. The molecule has 142 valence electrons. The van der Waals surface area contributed by atoms with E-state index < -0.39 is 41.8 Å². The van der Waals surface area contributed by atoms with Gasteiger partial charge in [0.2, 0.25) is 0 Å². The van der Waals surface area contributed by atoms with Gasteiger partial charge < -0.3 is 24.2 Å². The van der Waals surface area contributed by atoms with Gasteiger partial charge in [0, 0.05) is 0 Å². The zero-order chi connectivity index (χ0) is 19.4. The molecule has 1 heterocycles. The van der Waals surface area contributed by atoms with Gasteiger partial charge in [-0.25, -0.2) is 0 Å². The van der Waals surface area contributed by atoms with Crippen molar-refractivity contribution in [2.45, 2.75) is 12.1 Å². The molecule has 0 unspecified atom stereocenters. The highest BCUT2D eigenvalue weighted by atomic mass is 16.6. The molecule has 0 bridgehead atoms. The van der Waals surface area contributed by atoms with E-state index in [1.54, 1.807) is 24.3 Å². The second kappa shape index (κ2) is 8.15. The van der Waals surface area contributed by atoms with Crippen molar-refractivity contribution < 1.29 is 38.5 Å². The van der Waals surface area contributed by atoms with Crippen LogP contribution in [-0.4, -0.2) is 62.7 Å². The highest BCUT2D eigenvalue weighted by molar-refractivity contribution is 5.90. The number of ether oxygens (including phenoxy) is 4. The maximum absolute atomic E-state index is 12.4. The lowest BCUT2D eigenvalue weighted by Crippen LogP contribution is -2.43. The van der Waals surface area contributed by atoms with Gasteiger partial charge in [-0.3, -0.25) is 14.4 Å². The number of benzene rings is 1. The van der Waals surface area contributed by atoms with Gasteiger partial charge >= 0.3 is 17.9 Å². The minimum atomic E-state index is -1.41. The fourth-order valence-corrected chi connectivity index (χ4v) is 3.25. The van der Waals surface area contributed by atoms with Gasteiger partial charge in [0.05, 0.1) is 40.4 Å². The van der Waals surface area contributed by atoms with Crippen LogP contribution in [0.1, 0.15) is 11.6 Å². The number of nitrogens with zero attached hydrogens (tertiary/aromatic N) is 1. The quantitative estimate of drug-likeness (QED) is 0.589. The smallest absolute Gasteiger partial charge is 0.326 e. The highest BCUT2D eigenvalue weighted by Gasteiger charge is 2.60. The molecule has 0 aliphatic carbocycles. The minimum absolute atomic E-state index is 0.490. The van der Waals surface area contributed by atoms with E-state index in [-0.39, 0.29) is 0 Å². The Bertz CT molecular complexity index is 674. The number of hydrogen-bond donors (Lipinski definition) is 1. The van der Waals surface area contributed by atoms with Crippen molar-refractivity contribution >= 4 is 17.9 Å². The first-order chi connectivity index (χ1) is 12.4. The van der Waals surface area contributed by atoms with Crippen molar-refractivity contribution in [3.05, 3.63) is 29.8 Å². The Balaban J connectivity index is 2.57. The molecular formula is C17H21NO8. The number of esters is 3. The molecule has 1 fully saturated rings. The third-order valence-electron chi connectivity index (χ3n) is 4.48. The standard InChI is InChI=1S/C17H21NO8/c1-23-10-7-5-9(6-8-10)13-11(15(19)24-2)12(16(20)25-3)14(18(13)22)17(21)26-4/h5-8,11-14,22H,1-4H3/t11-,12+,13+,14-/m0/s1. The number of rotatable bonds is 5. The lowest BCUT2D eigenvalue weighted by molar-refractivity contribution is -0.181. The van der Waals surface area contributed by atoms with Crippen molar-refractivity contribution in [1.82, 2.24) is 5.06 Å². The van der Waals surface area contributed by atoms with E-state index in [0.717, 1.165) is 21.3 Å². The zero-order valence-corrected chi connectivity index (χ0v) is 14.9. The van der Waals surface area contributed by atoms with E-state index in [0.29, 0.717) is 16.4 Å². The van der Waals surface area contributed by atoms with Crippen LogP contribution in [0, 0.1) is 11.8 Å². The maximum Gasteiger partial charge on any atom is 0.326 e. The van der Waals surface area contributed by atoms with Gasteiger partial charge in [-0.2, -0.15) is 5.06 Å². The first-order valence-corrected chi connectivity index (χ1v) is 7.75. The number of hydrogen-bond acceptors (Lipinski definition) is 9. The monoisotopic (exact) mass is 367 g/mol. The molecule has 2 rings (SSSR count). The van der Waals surface area contributed by atoms with Crippen molar-refractivity contribution in [3.63, 3.8) is 0 Å². The lowest BCUT2D eigenvalue weighted by Gasteiger charge is -2.24. The highest BCUT2D eigenvalue weighted by Crippen LogP contribution is 2.45. The predicted octanol–water partition coefficient (Wildman–Crippen LogP) is 0.561. The summed E-state index contributed by atoms with van der Waals surface area (Å²) in [6, 6.07) is 4.09. The summed E-state index contributed by atoms with van der Waals surface area (Å²) in [6.45, 7) is 0. The molecule has 1 saturated heterocycles. The molecule has 9 heteroatoms. The zero-order valence-electron chi connectivity index (χ0n) is 14.9. The average molecular weight is 367 g/mol. The lowest BCUT2D eigenvalue weighted by atomic mass is 9.84. The molecule has 9 nitrogen and oxygen atoms in total. The summed E-state index contributed by atoms with van der Waals surface area (Å²) < 4.78 is 19.3. The van der Waals surface area contributed by atoms with Gasteiger partial charge in [0.15, 0.2) is 0 Å². The Morgan fingerprint density at radius 1 is 0.846 bits per heavy atom. The summed E-state index contributed by atoms with van der Waals surface area (Å²) in [5.74, 6) is -4.35. The van der Waals surface area contributed by atoms with Crippen LogP contribution in [0.25, 0.3) is 0 Å². The molecule has 26 heavy (non-hydrogen) atoms. The Labute approximate surface area is 150 Å². The molecule has 0 radical (unpaired) electrons. The summed E-state index contributed by atoms with van der Waals surface area (Å²) in [6.07, 6.45) is 0. The van der Waals surface area contributed by atoms with Crippen LogP contribution in [0.2, 0.25) is 0 Å². The maximum atomic E-state index is 12.4. The molecule has 0 saturated carbocycles. The Hall–Kier alpha value is -2.65. The third-order valence-corrected chi connectivity index (χ3v) is 4.48. The third kappa shape index (κ3) is 3.35. The van der Waals surface area contributed by atoms with Gasteiger partial charge in [0.25, 0.3) is 0 Å². The number of carbonyl (C=O) groups excluding carboxylic acids is 3. The van der Waals surface area contributed by atoms with Crippen LogP contribution in [0.4, 0.5) is 0 Å². The summed E-state index contributed by atoms with van der Waals surface area (Å²) >= 11 is 0. The molecule has 1 N–H and O–H groups in total. The van der Waals surface area contributed by atoms with Crippen molar-refractivity contribution in [3.8, 4) is 5.75 Å². The van der Waals surface area contributed by atoms with Crippen LogP contribution in [0.3, 0.4) is 0 Å². The van der Waals surface area contributed by atoms with Gasteiger partial charge in [-0.05, 0) is 17.7 Å². The molecule has 1 aromatic rings. The minimum Gasteiger partial charge on any atom is -0.497 e. The first kappa shape index (κ1) is 19.7. The van der Waals surface area contributed by atoms with Gasteiger partial charge in [0.1, 0.15) is 17.7 Å². The van der Waals surface area contributed by atoms with Gasteiger partial charge in [-0.1, -0.05) is 12.1 Å². The Morgan fingerprint density at radius 2 is 1.35 bits per heavy atom. The largest absolute Gasteiger partial charge is 0.497 e. The predicted molar refractivity (Wildman–Crippen MR) is 86.2 cm³/mol. The van der Waals surface area contributed by atoms with Crippen LogP contribution < -0.4 is 4.74 Å². The first-order valence-electron chi connectivity index (χ1n) is 7.75. The van der Waals surface area contributed by atoms with Crippen molar-refractivity contribution in [1.29, 1.82) is 0 Å². The van der Waals surface area contributed by atoms with Crippen molar-refractivity contribution in [2.24, 2.45) is 11.8 Å². The molecule has 4 atom stereocenters. The molecule has 1 aliphatic rings. The SMILES string of the molecule is COC(=O)[C@@H]1[C@H](C(=O)OC)[C@@H](c2ccc(OC)cc2)N(O)[C@@H]1C(=O)OC. The van der Waals surface area contributed by atoms with Crippen LogP contribution in [-0.2, 0) is 28.6 Å². The Kier molecular flexibility index (Phi) is 6.17. The van der Waals surface area contributed by atoms with E-state index in [1.165, 1.54) is 7.11 Å². The number of methoxy groups -OCH3 is 4. The van der Waals surface area contributed by atoms with Gasteiger partial charge in [-0.15, -0.1) is 0 Å². The fraction of sp³-hybridized carbons (Fsp3) is 0.471. The molecular weight excluding hydrogens is 346 g/mol. The molecule has 1 aliphatic heterocycles. The van der Waals surface area contributed by atoms with E-state index in [1.807, 2.05) is 0 Å². The second-order valence-corrected chi connectivity index (χ2v) is 5.66. The topological polar surface area (TPSA) is 112 Å². The van der Waals surface area contributed by atoms with Crippen LogP contribution >= 0.6 is 0 Å². The molecule has 0 spiro atoms. The van der Waals surface area contributed by atoms with Crippen LogP contribution in [0.15, 0.2) is 24.3 Å². The summed E-state index contributed by atoms with van der Waals surface area (Å²) in [5.41, 5.74) is 0.490. The van der Waals surface area contributed by atoms with E-state index in [9.17, 15) is 19.6 Å². The average Bonchev–Trinajstić information content (AvgIpc) is 2.99. The van der Waals surface area contributed by atoms with Crippen LogP contribution in [0.5, 0.6) is 5.75 Å². The summed E-state index contributed by atoms with van der Waals surface area (Å²) in [4.78, 5) is 36.9. The van der Waals surface area contributed by atoms with E-state index in [4.69, 9.17) is 18.9 Å². The summed E-state index contributed by atoms with van der Waals surface area (Å²) in [5, 5.41) is 11.3. The Morgan fingerprint density at radius 3 is 1.81 bits per heavy atom. The normalized spacial score (nSPS) is 25.4. The summed E-state index contributed by atoms with van der Waals surface area (Å²) in [7, 11) is 4.92. The molecule has 0 amide bonds. The number of hydroxylamine groups is 2. The van der Waals surface area contributed by atoms with Crippen molar-refractivity contribution in [2.75, 3.05) is 28.4 Å². The number of carbonyl (C=O) groups is 3. The second-order valence-electron chi connectivity index (χ2n) is 5.66. The fourth-order valence-electron chi connectivity index (χ4n) is 3.25. The van der Waals surface area contributed by atoms with E-state index in [2.05, 4.69) is 0 Å². The van der Waals surface area contributed by atoms with E-state index >= 15 is 0 Å².